The molecule has 0 aliphatic heterocycles. The third-order valence-corrected chi connectivity index (χ3v) is 3.67. The molecule has 0 saturated carbocycles. The van der Waals surface area contributed by atoms with Crippen LogP contribution in [0, 0.1) is 0 Å². The molecule has 0 rings (SSSR count). The first kappa shape index (κ1) is 55.3. The molecule has 0 fully saturated rings. The third kappa shape index (κ3) is 47.2. The van der Waals surface area contributed by atoms with Gasteiger partial charge in [0.25, 0.3) is 0 Å². The molecule has 15 nitrogen and oxygen atoms in total. The summed E-state index contributed by atoms with van der Waals surface area (Å²) in [4.78, 5) is 0. The van der Waals surface area contributed by atoms with Crippen molar-refractivity contribution in [2.45, 2.75) is 55.4 Å². The molecule has 0 heterocycles. The summed E-state index contributed by atoms with van der Waals surface area (Å²) in [6.07, 6.45) is 0. The summed E-state index contributed by atoms with van der Waals surface area (Å²) in [6.45, 7) is 7.38. The topological polar surface area (TPSA) is 328 Å². The van der Waals surface area contributed by atoms with E-state index in [1.165, 1.54) is 0 Å². The van der Waals surface area contributed by atoms with Gasteiger partial charge in [-0.1, -0.05) is 0 Å². The number of halogens is 9. The Hall–Kier alpha value is -0.634. The second-order valence-corrected chi connectivity index (χ2v) is 10.5. The van der Waals surface area contributed by atoms with Gasteiger partial charge in [0, 0.05) is 37.8 Å². The maximum atomic E-state index is 10.7. The van der Waals surface area contributed by atoms with Crippen LogP contribution < -0.4 is 34.4 Å². The zero-order valence-corrected chi connectivity index (χ0v) is 23.9. The van der Waals surface area contributed by atoms with Gasteiger partial charge in [-0.2, -0.15) is 39.5 Å². The molecule has 0 radical (unpaired) electrons. The molecule has 12 N–H and O–H groups in total. The molecule has 0 aromatic carbocycles. The summed E-state index contributed by atoms with van der Waals surface area (Å²) in [6, 6.07) is 0.486. The standard InChI is InChI=1S/3C3H10N2.3CHF3O3S.Co/c3*1-3(5)2-4;3*2-1(3,4)8(5,6)7;/h3*3H,2,4-5H2,1H3;3*(H,5,6,7);/q;;;;;;+3/p-3. The van der Waals surface area contributed by atoms with Gasteiger partial charge >= 0.3 is 33.3 Å². The van der Waals surface area contributed by atoms with Gasteiger partial charge in [0.15, 0.2) is 30.4 Å². The van der Waals surface area contributed by atoms with Crippen LogP contribution in [-0.4, -0.2) is 93.2 Å². The van der Waals surface area contributed by atoms with Gasteiger partial charge in [0.2, 0.25) is 0 Å². The first-order valence-corrected chi connectivity index (χ1v) is 13.2. The molecule has 0 bridgehead atoms. The Kier molecular flexibility index (Phi) is 33.0. The Labute approximate surface area is 235 Å². The van der Waals surface area contributed by atoms with E-state index in [1.807, 2.05) is 20.8 Å². The minimum atomic E-state index is -6.09. The molecule has 3 atom stereocenters. The molecule has 0 aliphatic rings. The third-order valence-electron chi connectivity index (χ3n) is 1.97. The molecule has 0 saturated heterocycles. The predicted molar refractivity (Wildman–Crippen MR) is 115 cm³/mol. The van der Waals surface area contributed by atoms with Gasteiger partial charge in [-0.3, -0.25) is 0 Å². The van der Waals surface area contributed by atoms with Crippen molar-refractivity contribution in [3.05, 3.63) is 0 Å². The SMILES string of the molecule is CC(N)CN.CC(N)CN.CC(N)CN.O=S(=O)([O-])C(F)(F)F.O=S(=O)([O-])C(F)(F)F.O=S(=O)([O-])C(F)(F)F.[Co+3]. The van der Waals surface area contributed by atoms with E-state index < -0.39 is 46.9 Å². The van der Waals surface area contributed by atoms with Crippen LogP contribution in [-0.2, 0) is 47.1 Å². The second-order valence-electron chi connectivity index (χ2n) is 6.34. The van der Waals surface area contributed by atoms with E-state index in [1.54, 1.807) is 0 Å². The second kappa shape index (κ2) is 23.9. The number of nitrogens with two attached hydrogens (primary N) is 6. The van der Waals surface area contributed by atoms with Crippen molar-refractivity contribution in [2.24, 2.45) is 34.4 Å². The predicted octanol–water partition coefficient (Wildman–Crippen LogP) is -1.97. The average Bonchev–Trinajstić information content (AvgIpc) is 2.65. The fourth-order valence-corrected chi connectivity index (χ4v) is 0. The van der Waals surface area contributed by atoms with Crippen LogP contribution in [0.25, 0.3) is 0 Å². The van der Waals surface area contributed by atoms with Crippen molar-refractivity contribution in [2.75, 3.05) is 19.6 Å². The Morgan fingerprint density at radius 3 is 0.550 bits per heavy atom. The fraction of sp³-hybridized carbons (Fsp3) is 1.00. The van der Waals surface area contributed by atoms with E-state index in [2.05, 4.69) is 0 Å². The molecular weight excluding hydrogens is 698 g/mol. The molecular formula is C12H30CoF9N6O9S3. The first-order chi connectivity index (χ1) is 16.6. The van der Waals surface area contributed by atoms with Crippen molar-refractivity contribution in [1.29, 1.82) is 0 Å². The van der Waals surface area contributed by atoms with Crippen LogP contribution >= 0.6 is 0 Å². The van der Waals surface area contributed by atoms with E-state index in [4.69, 9.17) is 73.3 Å². The molecule has 252 valence electrons. The van der Waals surface area contributed by atoms with Crippen LogP contribution in [0.3, 0.4) is 0 Å². The van der Waals surface area contributed by atoms with Crippen molar-refractivity contribution >= 4 is 30.4 Å². The number of hydrogen-bond acceptors (Lipinski definition) is 15. The minimum Gasteiger partial charge on any atom is -0.741 e. The Morgan fingerprint density at radius 1 is 0.500 bits per heavy atom. The maximum absolute atomic E-state index is 10.7. The average molecular weight is 729 g/mol. The summed E-state index contributed by atoms with van der Waals surface area (Å²) < 4.78 is 177. The summed E-state index contributed by atoms with van der Waals surface area (Å²) in [5, 5.41) is 0. The molecule has 0 aromatic rings. The van der Waals surface area contributed by atoms with Gasteiger partial charge in [-0.25, -0.2) is 25.3 Å². The summed E-state index contributed by atoms with van der Waals surface area (Å²) in [7, 11) is -18.3. The molecule has 0 aromatic heterocycles. The molecule has 0 spiro atoms. The number of alkyl halides is 9. The monoisotopic (exact) mass is 728 g/mol. The zero-order chi connectivity index (χ0) is 33.9. The van der Waals surface area contributed by atoms with Crippen LogP contribution in [0.5, 0.6) is 0 Å². The van der Waals surface area contributed by atoms with Gasteiger partial charge < -0.3 is 48.1 Å². The van der Waals surface area contributed by atoms with Crippen molar-refractivity contribution in [3.8, 4) is 0 Å². The van der Waals surface area contributed by atoms with Crippen LogP contribution in [0.1, 0.15) is 20.8 Å². The Bertz CT molecular complexity index is 795. The number of rotatable bonds is 3. The van der Waals surface area contributed by atoms with Gasteiger partial charge in [-0.05, 0) is 20.8 Å². The van der Waals surface area contributed by atoms with E-state index in [0.29, 0.717) is 19.6 Å². The van der Waals surface area contributed by atoms with E-state index in [0.717, 1.165) is 0 Å². The van der Waals surface area contributed by atoms with Crippen LogP contribution in [0.2, 0.25) is 0 Å². The Balaban J connectivity index is -0.0000000659. The van der Waals surface area contributed by atoms with Crippen molar-refractivity contribution in [1.82, 2.24) is 0 Å². The first-order valence-electron chi connectivity index (χ1n) is 8.99. The molecule has 0 aliphatic carbocycles. The minimum absolute atomic E-state index is 0. The van der Waals surface area contributed by atoms with Crippen molar-refractivity contribution in [3.63, 3.8) is 0 Å². The molecule has 28 heteroatoms. The normalized spacial score (nSPS) is 14.0. The van der Waals surface area contributed by atoms with Crippen LogP contribution in [0.4, 0.5) is 39.5 Å². The molecule has 3 unspecified atom stereocenters. The van der Waals surface area contributed by atoms with Gasteiger partial charge in [0.1, 0.15) is 0 Å². The summed E-state index contributed by atoms with van der Waals surface area (Å²) in [5.41, 5.74) is 13.7. The molecule has 40 heavy (non-hydrogen) atoms. The molecule has 0 amide bonds. The van der Waals surface area contributed by atoms with E-state index in [9.17, 15) is 39.5 Å². The quantitative estimate of drug-likeness (QED) is 0.104. The van der Waals surface area contributed by atoms with Gasteiger partial charge in [0.05, 0.1) is 0 Å². The summed E-state index contributed by atoms with van der Waals surface area (Å²) in [5.74, 6) is 0. The van der Waals surface area contributed by atoms with E-state index >= 15 is 0 Å². The van der Waals surface area contributed by atoms with Crippen molar-refractivity contribution < 1.29 is 95.2 Å². The largest absolute Gasteiger partial charge is 3.00 e. The Morgan fingerprint density at radius 2 is 0.550 bits per heavy atom. The van der Waals surface area contributed by atoms with Crippen LogP contribution in [0.15, 0.2) is 0 Å². The van der Waals surface area contributed by atoms with Gasteiger partial charge in [-0.15, -0.1) is 0 Å². The maximum Gasteiger partial charge on any atom is 3.00 e. The van der Waals surface area contributed by atoms with E-state index in [-0.39, 0.29) is 34.9 Å². The smallest absolute Gasteiger partial charge is 0.741 e. The number of hydrogen-bond donors (Lipinski definition) is 6. The summed E-state index contributed by atoms with van der Waals surface area (Å²) >= 11 is 0. The fourth-order valence-electron chi connectivity index (χ4n) is 0. The zero-order valence-electron chi connectivity index (χ0n) is 20.5.